The summed E-state index contributed by atoms with van der Waals surface area (Å²) in [5.41, 5.74) is 46.0. The molecule has 23 rings (SSSR count). The van der Waals surface area contributed by atoms with E-state index in [2.05, 4.69) is 434 Å². The van der Waals surface area contributed by atoms with E-state index in [1.54, 1.807) is 0 Å². The Labute approximate surface area is 807 Å². The van der Waals surface area contributed by atoms with E-state index in [0.717, 1.165) is 120 Å². The Balaban J connectivity index is 0.492. The minimum absolute atomic E-state index is 0.234. The Morgan fingerprint density at radius 1 is 0.338 bits per heavy atom. The lowest BCUT2D eigenvalue weighted by Crippen LogP contribution is -2.42. The van der Waals surface area contributed by atoms with Gasteiger partial charge in [-0.3, -0.25) is 0 Å². The summed E-state index contributed by atoms with van der Waals surface area (Å²) in [5.74, 6) is 2.02. The van der Waals surface area contributed by atoms with Crippen molar-refractivity contribution in [3.05, 3.63) is 586 Å². The summed E-state index contributed by atoms with van der Waals surface area (Å²) in [4.78, 5) is 0. The summed E-state index contributed by atoms with van der Waals surface area (Å²) in [7, 11) is 0. The van der Waals surface area contributed by atoms with Crippen molar-refractivity contribution in [2.45, 2.75) is 141 Å². The Kier molecular flexibility index (Phi) is 23.6. The van der Waals surface area contributed by atoms with Crippen LogP contribution in [0.3, 0.4) is 0 Å². The minimum atomic E-state index is -0.411. The monoisotopic (exact) mass is 1750 g/mol. The van der Waals surface area contributed by atoms with E-state index in [4.69, 9.17) is 6.58 Å². The fraction of sp³-hybridized carbons (Fsp3) is 0.221. The maximum absolute atomic E-state index is 4.76. The Hall–Kier alpha value is -13.8. The van der Waals surface area contributed by atoms with Crippen molar-refractivity contribution in [3.63, 3.8) is 0 Å². The zero-order valence-electron chi connectivity index (χ0n) is 79.2. The molecule has 0 heteroatoms. The molecule has 6 aromatic carbocycles. The van der Waals surface area contributed by atoms with E-state index >= 15 is 0 Å². The van der Waals surface area contributed by atoms with Crippen LogP contribution in [-0.4, -0.2) is 0 Å². The fourth-order valence-electron chi connectivity index (χ4n) is 26.5. The second kappa shape index (κ2) is 37.1. The van der Waals surface area contributed by atoms with Crippen LogP contribution in [0.5, 0.6) is 0 Å². The summed E-state index contributed by atoms with van der Waals surface area (Å²) < 4.78 is 0. The first-order valence-electron chi connectivity index (χ1n) is 50.9. The van der Waals surface area contributed by atoms with Crippen molar-refractivity contribution >= 4 is 27.9 Å². The van der Waals surface area contributed by atoms with Crippen LogP contribution < -0.4 is 20.9 Å². The van der Waals surface area contributed by atoms with Gasteiger partial charge in [-0.2, -0.15) is 0 Å². The molecule has 0 spiro atoms. The van der Waals surface area contributed by atoms with Crippen molar-refractivity contribution in [2.24, 2.45) is 47.3 Å². The number of hydrogen-bond donors (Lipinski definition) is 0. The van der Waals surface area contributed by atoms with E-state index in [1.807, 2.05) is 0 Å². The topological polar surface area (TPSA) is 0 Å². The van der Waals surface area contributed by atoms with Crippen molar-refractivity contribution in [2.75, 3.05) is 0 Å². The third-order valence-electron chi connectivity index (χ3n) is 33.3. The molecule has 0 saturated heterocycles. The predicted octanol–water partition coefficient (Wildman–Crippen LogP) is 30.9. The van der Waals surface area contributed by atoms with Gasteiger partial charge < -0.3 is 0 Å². The summed E-state index contributed by atoms with van der Waals surface area (Å²) in [6.07, 6.45) is 121. The van der Waals surface area contributed by atoms with Crippen LogP contribution in [0.1, 0.15) is 156 Å². The molecule has 0 N–H and O–H groups in total. The molecule has 0 aliphatic heterocycles. The van der Waals surface area contributed by atoms with Gasteiger partial charge in [-0.1, -0.05) is 438 Å². The van der Waals surface area contributed by atoms with Gasteiger partial charge in [-0.05, 0) is 317 Å². The highest BCUT2D eigenvalue weighted by atomic mass is 14.5. The minimum Gasteiger partial charge on any atom is -0.0961 e. The molecule has 0 amide bonds. The average molecular weight is 1760 g/mol. The fourth-order valence-corrected chi connectivity index (χ4v) is 26.5. The van der Waals surface area contributed by atoms with Crippen molar-refractivity contribution in [3.8, 4) is 11.1 Å². The molecule has 0 saturated carbocycles. The van der Waals surface area contributed by atoms with Crippen LogP contribution >= 0.6 is 0 Å². The normalized spacial score (nSPS) is 25.9. The second-order valence-electron chi connectivity index (χ2n) is 40.4. The Morgan fingerprint density at radius 3 is 1.24 bits per heavy atom. The number of fused-ring (bicyclic) bond motifs is 9. The standard InChI is InChI=1S/C136H122/c1-6-135(92(5)50-49-90(2)3,128-47-27-13-29-91(128)4)109-82-75-101(76-83-109)99-67-71-106(72-68-99)131-117-39-18-22-43-121(117)133(122-44-23-19-40-118(122)131)126-87-80-105(113-35-15-17-37-115(113)126)62-56-94-53-59-97(60-54-94)98-63-65-103(66-64-98)108-81-88-130-127(89-108)116-38-26-28-48-129(116)136(130,110-32-11-8-12-33-110)111-84-77-102(78-85-111)100-69-73-107(74-70-100)132-119-41-20-24-45-123(119)134(124-46-25-21-42-120(124)132)125-86-79-104(112-34-14-16-36-114(112)125)61-55-93-51-57-96(58-52-93)95-30-9-7-10-31-95/h7-9,11-30,32-51,53,55-57,59,61-63,65,67,69,71,73,75,77,79-82,84,86-89,112-115,117,119,121,123H,2,5-6,10,31,52,54,58,60,64,66,68,70,72,74,76,78,83,85H2,1,3-4H3. The molecular formula is C136H122. The predicted molar refractivity (Wildman–Crippen MR) is 575 cm³/mol. The summed E-state index contributed by atoms with van der Waals surface area (Å²) in [6, 6.07) is 56.1. The molecule has 136 heavy (non-hydrogen) atoms. The van der Waals surface area contributed by atoms with Crippen LogP contribution in [0.2, 0.25) is 0 Å². The molecule has 0 aromatic heterocycles. The van der Waals surface area contributed by atoms with Gasteiger partial charge in [0.05, 0.1) is 5.41 Å². The SMILES string of the molecule is C=C(C)C=CC(=C)C(CC)(C1=CC=C(C2=CC=C(C3=c4ccccc4=C(C4=CC=C(C=CC5=CC=C(C6=CC=C(c7ccc8c(c7)-c7ccccc7C8(C7=CC=C(C8=CC=C(C9=c%10ccccc%10=C(C%10=CC=C(C=CC%11=CC=C(C%12=CC=CCC%12)CC%11)C%11C=CC=CC%10%11)C%10C=CC=CC9%10)CC8)CC7)c7ccccc7)CC6)CC5)C5C=CC=CC45)C4C=CC=CC34)CC2)CC1)c1ccccc1C. The summed E-state index contributed by atoms with van der Waals surface area (Å²) >= 11 is 0. The van der Waals surface area contributed by atoms with Crippen LogP contribution in [0.4, 0.5) is 0 Å². The van der Waals surface area contributed by atoms with Crippen LogP contribution in [0.15, 0.2) is 531 Å². The average Bonchev–Trinajstić information content (AvgIpc) is 1.53. The van der Waals surface area contributed by atoms with Crippen LogP contribution in [-0.2, 0) is 10.8 Å². The molecule has 6 aromatic rings. The second-order valence-corrected chi connectivity index (χ2v) is 40.4. The first-order chi connectivity index (χ1) is 67.0. The molecule has 17 aliphatic rings. The molecule has 666 valence electrons. The Morgan fingerprint density at radius 2 is 0.765 bits per heavy atom. The van der Waals surface area contributed by atoms with Gasteiger partial charge in [-0.25, -0.2) is 0 Å². The number of hydrogen-bond acceptors (Lipinski definition) is 0. The van der Waals surface area contributed by atoms with Crippen LogP contribution in [0, 0.1) is 54.3 Å². The third-order valence-corrected chi connectivity index (χ3v) is 33.3. The number of allylic oxidation sites excluding steroid dienone is 64. The zero-order chi connectivity index (χ0) is 91.4. The van der Waals surface area contributed by atoms with Crippen molar-refractivity contribution in [1.82, 2.24) is 0 Å². The van der Waals surface area contributed by atoms with Gasteiger partial charge in [0.25, 0.3) is 0 Å². The third kappa shape index (κ3) is 15.6. The molecule has 10 atom stereocenters. The maximum Gasteiger partial charge on any atom is 0.0676 e. The lowest BCUT2D eigenvalue weighted by Gasteiger charge is -2.40. The first kappa shape index (κ1) is 86.3. The molecule has 0 fully saturated rings. The van der Waals surface area contributed by atoms with Gasteiger partial charge in [-0.15, -0.1) is 0 Å². The summed E-state index contributed by atoms with van der Waals surface area (Å²) in [6.45, 7) is 15.6. The lowest BCUT2D eigenvalue weighted by atomic mass is 9.63. The van der Waals surface area contributed by atoms with E-state index in [0.29, 0.717) is 0 Å². The lowest BCUT2D eigenvalue weighted by molar-refractivity contribution is 0.549. The van der Waals surface area contributed by atoms with Gasteiger partial charge in [0.15, 0.2) is 0 Å². The van der Waals surface area contributed by atoms with E-state index in [1.165, 1.54) is 194 Å². The van der Waals surface area contributed by atoms with Gasteiger partial charge in [0.1, 0.15) is 0 Å². The largest absolute Gasteiger partial charge is 0.0961 e. The zero-order valence-corrected chi connectivity index (χ0v) is 79.2. The van der Waals surface area contributed by atoms with Gasteiger partial charge >= 0.3 is 0 Å². The molecule has 0 nitrogen and oxygen atoms in total. The number of benzene rings is 6. The molecule has 0 radical (unpaired) electrons. The highest BCUT2D eigenvalue weighted by molar-refractivity contribution is 5.90. The van der Waals surface area contributed by atoms with Crippen molar-refractivity contribution in [1.29, 1.82) is 0 Å². The molecule has 0 heterocycles. The summed E-state index contributed by atoms with van der Waals surface area (Å²) in [5, 5.41) is 5.57. The molecule has 17 aliphatic carbocycles. The van der Waals surface area contributed by atoms with E-state index < -0.39 is 5.41 Å². The van der Waals surface area contributed by atoms with E-state index in [-0.39, 0.29) is 52.8 Å². The molecule has 0 bridgehead atoms. The first-order valence-corrected chi connectivity index (χ1v) is 50.9. The van der Waals surface area contributed by atoms with Gasteiger partial charge in [0, 0.05) is 52.8 Å². The number of aryl methyl sites for hydroxylation is 1. The van der Waals surface area contributed by atoms with Crippen molar-refractivity contribution < 1.29 is 0 Å². The van der Waals surface area contributed by atoms with E-state index in [9.17, 15) is 0 Å². The molecule has 10 unspecified atom stereocenters. The van der Waals surface area contributed by atoms with Crippen LogP contribution in [0.25, 0.3) is 39.0 Å². The highest BCUT2D eigenvalue weighted by Gasteiger charge is 2.49. The highest BCUT2D eigenvalue weighted by Crippen LogP contribution is 2.60. The quantitative estimate of drug-likeness (QED) is 0.0630. The molecular weight excluding hydrogens is 1630 g/mol. The Bertz CT molecular complexity index is 7470. The number of rotatable bonds is 21. The maximum atomic E-state index is 4.76. The van der Waals surface area contributed by atoms with Gasteiger partial charge in [0.2, 0.25) is 0 Å². The smallest absolute Gasteiger partial charge is 0.0676 e.